The van der Waals surface area contributed by atoms with Gasteiger partial charge in [-0.25, -0.2) is 8.78 Å². The lowest BCUT2D eigenvalue weighted by Crippen LogP contribution is -2.41. The molecule has 0 saturated heterocycles. The molecule has 1 aromatic heterocycles. The minimum Gasteiger partial charge on any atom is -0.361 e. The van der Waals surface area contributed by atoms with Crippen molar-refractivity contribution < 1.29 is 13.6 Å². The van der Waals surface area contributed by atoms with E-state index >= 15 is 0 Å². The minimum absolute atomic E-state index is 0.119. The molecule has 0 bridgehead atoms. The Morgan fingerprint density at radius 2 is 1.74 bits per heavy atom. The molecule has 1 amide bonds. The zero-order valence-electron chi connectivity index (χ0n) is 17.5. The first-order valence-electron chi connectivity index (χ1n) is 10.3. The van der Waals surface area contributed by atoms with Crippen LogP contribution >= 0.6 is 0 Å². The Balaban J connectivity index is 1.42. The molecule has 164 valence electrons. The first kappa shape index (κ1) is 22.3. The third kappa shape index (κ3) is 6.80. The number of hydrogen-bond acceptors (Lipinski definition) is 2. The van der Waals surface area contributed by atoms with Crippen LogP contribution in [0.2, 0.25) is 0 Å². The zero-order valence-corrected chi connectivity index (χ0v) is 17.5. The van der Waals surface area contributed by atoms with Crippen LogP contribution in [0.1, 0.15) is 18.1 Å². The molecule has 2 aromatic carbocycles. The number of nitrogens with one attached hydrogen (secondary N) is 4. The number of aromatic nitrogens is 1. The fourth-order valence-electron chi connectivity index (χ4n) is 3.23. The number of carbonyl (C=O) groups excluding carboxylic acids is 1. The Hall–Kier alpha value is -3.42. The van der Waals surface area contributed by atoms with Gasteiger partial charge in [0.05, 0.1) is 6.42 Å². The Bertz CT molecular complexity index is 1030. The van der Waals surface area contributed by atoms with E-state index < -0.39 is 0 Å². The van der Waals surface area contributed by atoms with E-state index in [1.165, 1.54) is 24.3 Å². The van der Waals surface area contributed by atoms with E-state index in [0.29, 0.717) is 25.6 Å². The number of hydrogen-bond donors (Lipinski definition) is 4. The smallest absolute Gasteiger partial charge is 0.224 e. The van der Waals surface area contributed by atoms with Gasteiger partial charge in [-0.15, -0.1) is 0 Å². The topological polar surface area (TPSA) is 81.3 Å². The van der Waals surface area contributed by atoms with Crippen LogP contribution in [0, 0.1) is 11.6 Å². The van der Waals surface area contributed by atoms with Gasteiger partial charge in [-0.2, -0.15) is 0 Å². The molecule has 6 nitrogen and oxygen atoms in total. The van der Waals surface area contributed by atoms with Crippen LogP contribution in [0.25, 0.3) is 10.9 Å². The summed E-state index contributed by atoms with van der Waals surface area (Å²) in [4.78, 5) is 19.6. The largest absolute Gasteiger partial charge is 0.361 e. The van der Waals surface area contributed by atoms with Crippen molar-refractivity contribution >= 4 is 22.8 Å². The Kier molecular flexibility index (Phi) is 7.98. The number of nitrogens with zero attached hydrogens (tertiary/aromatic N) is 1. The summed E-state index contributed by atoms with van der Waals surface area (Å²) in [6.45, 7) is 4.23. The highest BCUT2D eigenvalue weighted by atomic mass is 19.1. The van der Waals surface area contributed by atoms with Crippen LogP contribution in [0.15, 0.2) is 53.7 Å². The maximum atomic E-state index is 13.3. The molecule has 0 aliphatic carbocycles. The van der Waals surface area contributed by atoms with E-state index in [1.807, 2.05) is 13.1 Å². The summed E-state index contributed by atoms with van der Waals surface area (Å²) in [6, 6.07) is 10.6. The molecule has 0 aliphatic heterocycles. The molecule has 4 N–H and O–H groups in total. The van der Waals surface area contributed by atoms with Gasteiger partial charge in [-0.3, -0.25) is 9.79 Å². The standard InChI is InChI=1S/C23H27F2N5O/c1-2-26-23(28-10-9-17-15-30-21-14-19(25)7-8-20(17)21)29-12-11-27-22(31)13-16-3-5-18(24)6-4-16/h3-8,14-15,30H,2,9-13H2,1H3,(H,27,31)(H2,26,28,29). The normalized spacial score (nSPS) is 11.5. The second kappa shape index (κ2) is 11.1. The van der Waals surface area contributed by atoms with Crippen molar-refractivity contribution in [2.75, 3.05) is 26.2 Å². The fraction of sp³-hybridized carbons (Fsp3) is 0.304. The molecule has 3 aromatic rings. The molecule has 0 unspecified atom stereocenters. The van der Waals surface area contributed by atoms with Crippen molar-refractivity contribution in [2.24, 2.45) is 4.99 Å². The number of fused-ring (bicyclic) bond motifs is 1. The minimum atomic E-state index is -0.317. The van der Waals surface area contributed by atoms with E-state index in [1.54, 1.807) is 18.2 Å². The van der Waals surface area contributed by atoms with Crippen LogP contribution in [0.4, 0.5) is 8.78 Å². The predicted octanol–water partition coefficient (Wildman–Crippen LogP) is 2.90. The molecule has 0 spiro atoms. The molecule has 1 heterocycles. The number of H-pyrrole nitrogens is 1. The maximum absolute atomic E-state index is 13.3. The molecule has 0 aliphatic rings. The molecule has 0 saturated carbocycles. The quantitative estimate of drug-likeness (QED) is 0.241. The second-order valence-electron chi connectivity index (χ2n) is 7.09. The van der Waals surface area contributed by atoms with E-state index in [-0.39, 0.29) is 24.0 Å². The van der Waals surface area contributed by atoms with Gasteiger partial charge >= 0.3 is 0 Å². The summed E-state index contributed by atoms with van der Waals surface area (Å²) >= 11 is 0. The van der Waals surface area contributed by atoms with Crippen molar-refractivity contribution in [1.82, 2.24) is 20.9 Å². The highest BCUT2D eigenvalue weighted by Crippen LogP contribution is 2.19. The second-order valence-corrected chi connectivity index (χ2v) is 7.09. The Morgan fingerprint density at radius 3 is 2.52 bits per heavy atom. The number of carbonyl (C=O) groups is 1. The van der Waals surface area contributed by atoms with Gasteiger partial charge in [0.1, 0.15) is 11.6 Å². The summed E-state index contributed by atoms with van der Waals surface area (Å²) in [5, 5.41) is 10.2. The average molecular weight is 427 g/mol. The van der Waals surface area contributed by atoms with E-state index in [4.69, 9.17) is 0 Å². The van der Waals surface area contributed by atoms with Crippen molar-refractivity contribution in [1.29, 1.82) is 0 Å². The van der Waals surface area contributed by atoms with Crippen molar-refractivity contribution in [2.45, 2.75) is 19.8 Å². The average Bonchev–Trinajstić information content (AvgIpc) is 3.14. The lowest BCUT2D eigenvalue weighted by Gasteiger charge is -2.12. The first-order chi connectivity index (χ1) is 15.0. The summed E-state index contributed by atoms with van der Waals surface area (Å²) < 4.78 is 26.2. The lowest BCUT2D eigenvalue weighted by molar-refractivity contribution is -0.120. The number of benzene rings is 2. The van der Waals surface area contributed by atoms with Gasteiger partial charge in [0.2, 0.25) is 5.91 Å². The number of halogens is 2. The third-order valence-corrected chi connectivity index (χ3v) is 4.74. The number of aliphatic imine (C=N–C) groups is 1. The molecule has 0 atom stereocenters. The fourth-order valence-corrected chi connectivity index (χ4v) is 3.23. The highest BCUT2D eigenvalue weighted by Gasteiger charge is 2.06. The molecule has 8 heteroatoms. The van der Waals surface area contributed by atoms with E-state index in [2.05, 4.69) is 25.9 Å². The zero-order chi connectivity index (χ0) is 22.1. The van der Waals surface area contributed by atoms with Gasteiger partial charge in [0.15, 0.2) is 5.96 Å². The number of aromatic amines is 1. The SMILES string of the molecule is CCNC(=NCCc1c[nH]c2cc(F)ccc12)NCCNC(=O)Cc1ccc(F)cc1. The van der Waals surface area contributed by atoms with Crippen molar-refractivity contribution in [3.05, 3.63) is 71.4 Å². The van der Waals surface area contributed by atoms with Gasteiger partial charge in [0, 0.05) is 43.3 Å². The first-order valence-corrected chi connectivity index (χ1v) is 10.3. The summed E-state index contributed by atoms with van der Waals surface area (Å²) in [7, 11) is 0. The summed E-state index contributed by atoms with van der Waals surface area (Å²) in [6.07, 6.45) is 2.82. The monoisotopic (exact) mass is 427 g/mol. The maximum Gasteiger partial charge on any atom is 0.224 e. The van der Waals surface area contributed by atoms with Crippen LogP contribution in [-0.2, 0) is 17.6 Å². The number of guanidine groups is 1. The van der Waals surface area contributed by atoms with Gasteiger partial charge in [-0.1, -0.05) is 12.1 Å². The van der Waals surface area contributed by atoms with Crippen LogP contribution in [-0.4, -0.2) is 43.0 Å². The number of amides is 1. The van der Waals surface area contributed by atoms with Crippen LogP contribution in [0.5, 0.6) is 0 Å². The number of rotatable bonds is 9. The molecule has 0 fully saturated rings. The van der Waals surface area contributed by atoms with E-state index in [0.717, 1.165) is 35.0 Å². The molecule has 0 radical (unpaired) electrons. The third-order valence-electron chi connectivity index (χ3n) is 4.74. The van der Waals surface area contributed by atoms with Crippen LogP contribution in [0.3, 0.4) is 0 Å². The van der Waals surface area contributed by atoms with Gasteiger partial charge in [-0.05, 0) is 54.8 Å². The van der Waals surface area contributed by atoms with Crippen molar-refractivity contribution in [3.8, 4) is 0 Å². The van der Waals surface area contributed by atoms with E-state index in [9.17, 15) is 13.6 Å². The Morgan fingerprint density at radius 1 is 1.00 bits per heavy atom. The molecule has 31 heavy (non-hydrogen) atoms. The Labute approximate surface area is 180 Å². The molecular formula is C23H27F2N5O. The summed E-state index contributed by atoms with van der Waals surface area (Å²) in [5.41, 5.74) is 2.63. The molecule has 3 rings (SSSR count). The molecular weight excluding hydrogens is 400 g/mol. The van der Waals surface area contributed by atoms with Crippen LogP contribution < -0.4 is 16.0 Å². The van der Waals surface area contributed by atoms with Crippen molar-refractivity contribution in [3.63, 3.8) is 0 Å². The highest BCUT2D eigenvalue weighted by molar-refractivity contribution is 5.83. The van der Waals surface area contributed by atoms with Gasteiger partial charge < -0.3 is 20.9 Å². The summed E-state index contributed by atoms with van der Waals surface area (Å²) in [5.74, 6) is -0.0308. The van der Waals surface area contributed by atoms with Gasteiger partial charge in [0.25, 0.3) is 0 Å². The predicted molar refractivity (Wildman–Crippen MR) is 119 cm³/mol. The lowest BCUT2D eigenvalue weighted by atomic mass is 10.1.